The molecule has 0 aliphatic heterocycles. The Morgan fingerprint density at radius 3 is 2.62 bits per heavy atom. The van der Waals surface area contributed by atoms with Crippen LogP contribution in [0.4, 0.5) is 4.39 Å². The highest BCUT2D eigenvalue weighted by Crippen LogP contribution is 2.24. The van der Waals surface area contributed by atoms with E-state index in [0.29, 0.717) is 6.42 Å². The minimum Gasteiger partial charge on any atom is -0.207 e. The molecule has 0 aliphatic rings. The van der Waals surface area contributed by atoms with Gasteiger partial charge in [-0.3, -0.25) is 0 Å². The third kappa shape index (κ3) is 2.09. The van der Waals surface area contributed by atoms with E-state index in [1.54, 1.807) is 6.07 Å². The van der Waals surface area contributed by atoms with E-state index in [1.807, 2.05) is 30.3 Å². The van der Waals surface area contributed by atoms with E-state index in [2.05, 4.69) is 6.07 Å². The molecule has 0 N–H and O–H groups in total. The summed E-state index contributed by atoms with van der Waals surface area (Å²) >= 11 is 0. The van der Waals surface area contributed by atoms with Crippen molar-refractivity contribution in [1.82, 2.24) is 0 Å². The van der Waals surface area contributed by atoms with Gasteiger partial charge in [-0.15, -0.1) is 0 Å². The molecule has 0 aliphatic carbocycles. The Balaban J connectivity index is 2.52. The standard InChI is InChI=1S/C14H10FN/c15-13-6-3-5-12(10-13)14-7-2-1-4-11(14)8-9-16/h1-7,10H,8H2. The van der Waals surface area contributed by atoms with Gasteiger partial charge in [0.2, 0.25) is 0 Å². The molecule has 0 aromatic heterocycles. The summed E-state index contributed by atoms with van der Waals surface area (Å²) in [4.78, 5) is 0. The molecule has 0 bridgehead atoms. The van der Waals surface area contributed by atoms with Gasteiger partial charge in [0, 0.05) is 0 Å². The SMILES string of the molecule is N#CCc1ccccc1-c1cccc(F)c1. The fraction of sp³-hybridized carbons (Fsp3) is 0.0714. The molecular weight excluding hydrogens is 201 g/mol. The second-order valence-corrected chi connectivity index (χ2v) is 3.50. The van der Waals surface area contributed by atoms with Crippen LogP contribution in [0.25, 0.3) is 11.1 Å². The summed E-state index contributed by atoms with van der Waals surface area (Å²) in [6.07, 6.45) is 0.340. The fourth-order valence-corrected chi connectivity index (χ4v) is 1.70. The van der Waals surface area contributed by atoms with Crippen molar-refractivity contribution >= 4 is 0 Å². The molecule has 2 aromatic rings. The van der Waals surface area contributed by atoms with Gasteiger partial charge in [0.1, 0.15) is 5.82 Å². The number of halogens is 1. The molecule has 78 valence electrons. The van der Waals surface area contributed by atoms with Crippen molar-refractivity contribution < 1.29 is 4.39 Å². The first-order valence-corrected chi connectivity index (χ1v) is 5.02. The van der Waals surface area contributed by atoms with E-state index < -0.39 is 0 Å². The summed E-state index contributed by atoms with van der Waals surface area (Å²) in [5.41, 5.74) is 2.66. The lowest BCUT2D eigenvalue weighted by molar-refractivity contribution is 0.628. The van der Waals surface area contributed by atoms with E-state index >= 15 is 0 Å². The number of nitriles is 1. The normalized spacial score (nSPS) is 9.75. The summed E-state index contributed by atoms with van der Waals surface area (Å²) in [5.74, 6) is -0.260. The molecule has 2 rings (SSSR count). The molecule has 0 saturated carbocycles. The van der Waals surface area contributed by atoms with Gasteiger partial charge in [-0.25, -0.2) is 4.39 Å². The van der Waals surface area contributed by atoms with Crippen molar-refractivity contribution in [3.63, 3.8) is 0 Å². The first-order chi connectivity index (χ1) is 7.81. The summed E-state index contributed by atoms with van der Waals surface area (Å²) < 4.78 is 13.1. The zero-order chi connectivity index (χ0) is 11.4. The summed E-state index contributed by atoms with van der Waals surface area (Å²) in [6.45, 7) is 0. The molecule has 0 saturated heterocycles. The highest BCUT2D eigenvalue weighted by atomic mass is 19.1. The Morgan fingerprint density at radius 2 is 1.88 bits per heavy atom. The molecule has 16 heavy (non-hydrogen) atoms. The zero-order valence-corrected chi connectivity index (χ0v) is 8.65. The van der Waals surface area contributed by atoms with Gasteiger partial charge >= 0.3 is 0 Å². The van der Waals surface area contributed by atoms with Gasteiger partial charge in [-0.2, -0.15) is 5.26 Å². The number of benzene rings is 2. The van der Waals surface area contributed by atoms with Crippen LogP contribution in [0.3, 0.4) is 0 Å². The second-order valence-electron chi connectivity index (χ2n) is 3.50. The predicted molar refractivity (Wildman–Crippen MR) is 61.2 cm³/mol. The summed E-state index contributed by atoms with van der Waals surface area (Å²) in [6, 6.07) is 16.1. The molecular formula is C14H10FN. The average molecular weight is 211 g/mol. The minimum absolute atomic E-state index is 0.260. The molecule has 0 spiro atoms. The monoisotopic (exact) mass is 211 g/mol. The quantitative estimate of drug-likeness (QED) is 0.745. The van der Waals surface area contributed by atoms with E-state index in [9.17, 15) is 4.39 Å². The molecule has 0 amide bonds. The molecule has 0 atom stereocenters. The topological polar surface area (TPSA) is 23.8 Å². The van der Waals surface area contributed by atoms with Crippen molar-refractivity contribution in [3.8, 4) is 17.2 Å². The number of hydrogen-bond donors (Lipinski definition) is 0. The number of rotatable bonds is 2. The highest BCUT2D eigenvalue weighted by Gasteiger charge is 2.04. The van der Waals surface area contributed by atoms with Crippen LogP contribution in [-0.2, 0) is 6.42 Å². The Bertz CT molecular complexity index is 540. The Morgan fingerprint density at radius 1 is 1.06 bits per heavy atom. The van der Waals surface area contributed by atoms with E-state index in [4.69, 9.17) is 5.26 Å². The van der Waals surface area contributed by atoms with Crippen LogP contribution in [0.5, 0.6) is 0 Å². The molecule has 0 unspecified atom stereocenters. The van der Waals surface area contributed by atoms with Gasteiger partial charge in [-0.1, -0.05) is 36.4 Å². The summed E-state index contributed by atoms with van der Waals surface area (Å²) in [7, 11) is 0. The van der Waals surface area contributed by atoms with E-state index in [1.165, 1.54) is 12.1 Å². The van der Waals surface area contributed by atoms with Gasteiger partial charge in [0.15, 0.2) is 0 Å². The van der Waals surface area contributed by atoms with Crippen LogP contribution < -0.4 is 0 Å². The largest absolute Gasteiger partial charge is 0.207 e. The summed E-state index contributed by atoms with van der Waals surface area (Å²) in [5, 5.41) is 8.72. The molecule has 0 fully saturated rings. The Labute approximate surface area is 93.8 Å². The van der Waals surface area contributed by atoms with E-state index in [0.717, 1.165) is 16.7 Å². The first kappa shape index (κ1) is 10.4. The average Bonchev–Trinajstić information content (AvgIpc) is 2.30. The lowest BCUT2D eigenvalue weighted by atomic mass is 9.98. The van der Waals surface area contributed by atoms with Crippen molar-refractivity contribution in [1.29, 1.82) is 5.26 Å². The first-order valence-electron chi connectivity index (χ1n) is 5.02. The second kappa shape index (κ2) is 4.59. The maximum atomic E-state index is 13.1. The Kier molecular flexibility index (Phi) is 2.98. The van der Waals surface area contributed by atoms with Crippen LogP contribution >= 0.6 is 0 Å². The van der Waals surface area contributed by atoms with Crippen molar-refractivity contribution in [3.05, 3.63) is 59.9 Å². The fourth-order valence-electron chi connectivity index (χ4n) is 1.70. The van der Waals surface area contributed by atoms with Crippen molar-refractivity contribution in [2.75, 3.05) is 0 Å². The lowest BCUT2D eigenvalue weighted by Gasteiger charge is -2.06. The maximum Gasteiger partial charge on any atom is 0.123 e. The van der Waals surface area contributed by atoms with Gasteiger partial charge < -0.3 is 0 Å². The third-order valence-corrected chi connectivity index (χ3v) is 2.42. The van der Waals surface area contributed by atoms with Crippen molar-refractivity contribution in [2.45, 2.75) is 6.42 Å². The Hall–Kier alpha value is -2.14. The van der Waals surface area contributed by atoms with Crippen LogP contribution in [0.2, 0.25) is 0 Å². The van der Waals surface area contributed by atoms with E-state index in [-0.39, 0.29) is 5.82 Å². The highest BCUT2D eigenvalue weighted by molar-refractivity contribution is 5.67. The molecule has 2 heteroatoms. The number of hydrogen-bond acceptors (Lipinski definition) is 1. The zero-order valence-electron chi connectivity index (χ0n) is 8.65. The minimum atomic E-state index is -0.260. The third-order valence-electron chi connectivity index (χ3n) is 2.42. The van der Waals surface area contributed by atoms with Gasteiger partial charge in [0.25, 0.3) is 0 Å². The smallest absolute Gasteiger partial charge is 0.123 e. The lowest BCUT2D eigenvalue weighted by Crippen LogP contribution is -1.88. The molecule has 0 radical (unpaired) electrons. The van der Waals surface area contributed by atoms with Crippen LogP contribution in [0.1, 0.15) is 5.56 Å². The van der Waals surface area contributed by atoms with Gasteiger partial charge in [-0.05, 0) is 28.8 Å². The number of nitrogens with zero attached hydrogens (tertiary/aromatic N) is 1. The van der Waals surface area contributed by atoms with Gasteiger partial charge in [0.05, 0.1) is 12.5 Å². The van der Waals surface area contributed by atoms with Crippen LogP contribution in [0.15, 0.2) is 48.5 Å². The molecule has 1 nitrogen and oxygen atoms in total. The predicted octanol–water partition coefficient (Wildman–Crippen LogP) is 3.56. The van der Waals surface area contributed by atoms with Crippen molar-refractivity contribution in [2.24, 2.45) is 0 Å². The maximum absolute atomic E-state index is 13.1. The van der Waals surface area contributed by atoms with Crippen LogP contribution in [-0.4, -0.2) is 0 Å². The molecule has 0 heterocycles. The van der Waals surface area contributed by atoms with Crippen LogP contribution in [0, 0.1) is 17.1 Å². The molecule has 2 aromatic carbocycles.